The molecule has 1 aliphatic carbocycles. The van der Waals surface area contributed by atoms with E-state index in [2.05, 4.69) is 21.2 Å². The van der Waals surface area contributed by atoms with Gasteiger partial charge in [-0.3, -0.25) is 4.79 Å². The van der Waals surface area contributed by atoms with Crippen molar-refractivity contribution in [3.8, 4) is 0 Å². The zero-order chi connectivity index (χ0) is 14.0. The fourth-order valence-electron chi connectivity index (χ4n) is 2.55. The van der Waals surface area contributed by atoms with Crippen molar-refractivity contribution in [1.82, 2.24) is 5.32 Å². The lowest BCUT2D eigenvalue weighted by atomic mass is 9.83. The molecule has 1 fully saturated rings. The SMILES string of the molecule is CC1(NC(=O)c2c(F)cc(Br)cc2F)CCCCC1. The summed E-state index contributed by atoms with van der Waals surface area (Å²) in [4.78, 5) is 12.1. The highest BCUT2D eigenvalue weighted by Gasteiger charge is 2.30. The minimum absolute atomic E-state index is 0.280. The molecule has 1 aliphatic rings. The van der Waals surface area contributed by atoms with Gasteiger partial charge in [-0.1, -0.05) is 35.2 Å². The number of carbonyl (C=O) groups excluding carboxylic acids is 1. The Morgan fingerprint density at radius 2 is 1.74 bits per heavy atom. The van der Waals surface area contributed by atoms with Crippen LogP contribution < -0.4 is 5.32 Å². The lowest BCUT2D eigenvalue weighted by Crippen LogP contribution is -2.47. The van der Waals surface area contributed by atoms with Crippen molar-refractivity contribution < 1.29 is 13.6 Å². The molecule has 104 valence electrons. The van der Waals surface area contributed by atoms with E-state index in [1.165, 1.54) is 0 Å². The number of nitrogens with one attached hydrogen (secondary N) is 1. The van der Waals surface area contributed by atoms with Crippen molar-refractivity contribution in [3.05, 3.63) is 33.8 Å². The summed E-state index contributed by atoms with van der Waals surface area (Å²) in [6.07, 6.45) is 4.90. The molecular weight excluding hydrogens is 316 g/mol. The third-order valence-electron chi connectivity index (χ3n) is 3.61. The average molecular weight is 332 g/mol. The molecule has 1 aromatic carbocycles. The van der Waals surface area contributed by atoms with Gasteiger partial charge in [0, 0.05) is 10.0 Å². The van der Waals surface area contributed by atoms with Crippen molar-refractivity contribution in [3.63, 3.8) is 0 Å². The van der Waals surface area contributed by atoms with Crippen LogP contribution in [0.5, 0.6) is 0 Å². The minimum atomic E-state index is -0.844. The maximum Gasteiger partial charge on any atom is 0.257 e. The van der Waals surface area contributed by atoms with Crippen LogP contribution in [-0.4, -0.2) is 11.4 Å². The number of halogens is 3. The van der Waals surface area contributed by atoms with Gasteiger partial charge in [0.1, 0.15) is 17.2 Å². The highest BCUT2D eigenvalue weighted by atomic mass is 79.9. The quantitative estimate of drug-likeness (QED) is 0.865. The number of rotatable bonds is 2. The van der Waals surface area contributed by atoms with Crippen molar-refractivity contribution >= 4 is 21.8 Å². The maximum atomic E-state index is 13.7. The molecule has 0 aliphatic heterocycles. The molecule has 0 saturated heterocycles. The zero-order valence-corrected chi connectivity index (χ0v) is 12.3. The molecule has 0 spiro atoms. The summed E-state index contributed by atoms with van der Waals surface area (Å²) in [6.45, 7) is 1.93. The molecule has 0 atom stereocenters. The van der Waals surface area contributed by atoms with E-state index in [4.69, 9.17) is 0 Å². The monoisotopic (exact) mass is 331 g/mol. The van der Waals surface area contributed by atoms with Gasteiger partial charge in [0.15, 0.2) is 0 Å². The third kappa shape index (κ3) is 3.32. The van der Waals surface area contributed by atoms with Crippen molar-refractivity contribution in [2.45, 2.75) is 44.6 Å². The van der Waals surface area contributed by atoms with E-state index < -0.39 is 23.1 Å². The fraction of sp³-hybridized carbons (Fsp3) is 0.500. The number of carbonyl (C=O) groups is 1. The summed E-state index contributed by atoms with van der Waals surface area (Å²) < 4.78 is 27.7. The van der Waals surface area contributed by atoms with Crippen LogP contribution >= 0.6 is 15.9 Å². The van der Waals surface area contributed by atoms with Crippen LogP contribution in [0.1, 0.15) is 49.4 Å². The molecular formula is C14H16BrF2NO. The Kier molecular flexibility index (Phi) is 4.23. The first-order valence-electron chi connectivity index (χ1n) is 6.38. The Morgan fingerprint density at radius 3 is 2.26 bits per heavy atom. The molecule has 5 heteroatoms. The predicted octanol–water partition coefficient (Wildman–Crippen LogP) is 4.18. The molecule has 1 N–H and O–H groups in total. The summed E-state index contributed by atoms with van der Waals surface area (Å²) >= 11 is 2.99. The Labute approximate surface area is 119 Å². The molecule has 1 amide bonds. The largest absolute Gasteiger partial charge is 0.347 e. The second-order valence-electron chi connectivity index (χ2n) is 5.32. The van der Waals surface area contributed by atoms with E-state index in [9.17, 15) is 13.6 Å². The lowest BCUT2D eigenvalue weighted by molar-refractivity contribution is 0.0874. The first kappa shape index (κ1) is 14.4. The normalized spacial score (nSPS) is 18.1. The van der Waals surface area contributed by atoms with E-state index in [-0.39, 0.29) is 10.0 Å². The van der Waals surface area contributed by atoms with Crippen LogP contribution in [0.15, 0.2) is 16.6 Å². The van der Waals surface area contributed by atoms with Gasteiger partial charge in [-0.2, -0.15) is 0 Å². The van der Waals surface area contributed by atoms with E-state index in [1.54, 1.807) is 0 Å². The summed E-state index contributed by atoms with van der Waals surface area (Å²) in [5.74, 6) is -2.36. The van der Waals surface area contributed by atoms with Gasteiger partial charge < -0.3 is 5.32 Å². The van der Waals surface area contributed by atoms with Gasteiger partial charge in [-0.15, -0.1) is 0 Å². The van der Waals surface area contributed by atoms with Crippen LogP contribution in [0.4, 0.5) is 8.78 Å². The highest BCUT2D eigenvalue weighted by Crippen LogP contribution is 2.28. The maximum absolute atomic E-state index is 13.7. The zero-order valence-electron chi connectivity index (χ0n) is 10.7. The molecule has 19 heavy (non-hydrogen) atoms. The standard InChI is InChI=1S/C14H16BrF2NO/c1-14(5-3-2-4-6-14)18-13(19)12-10(16)7-9(15)8-11(12)17/h7-8H,2-6H2,1H3,(H,18,19). The first-order valence-corrected chi connectivity index (χ1v) is 7.18. The van der Waals surface area contributed by atoms with E-state index in [1.807, 2.05) is 6.92 Å². The molecule has 0 radical (unpaired) electrons. The predicted molar refractivity (Wildman–Crippen MR) is 73.0 cm³/mol. The van der Waals surface area contributed by atoms with Crippen molar-refractivity contribution in [2.24, 2.45) is 0 Å². The minimum Gasteiger partial charge on any atom is -0.347 e. The van der Waals surface area contributed by atoms with Crippen LogP contribution in [0.25, 0.3) is 0 Å². The molecule has 0 unspecified atom stereocenters. The van der Waals surface area contributed by atoms with Crippen LogP contribution in [0.3, 0.4) is 0 Å². The smallest absolute Gasteiger partial charge is 0.257 e. The summed E-state index contributed by atoms with van der Waals surface area (Å²) in [5, 5.41) is 2.78. The van der Waals surface area contributed by atoms with Gasteiger partial charge in [-0.05, 0) is 31.9 Å². The van der Waals surface area contributed by atoms with Gasteiger partial charge >= 0.3 is 0 Å². The second kappa shape index (κ2) is 5.57. The van der Waals surface area contributed by atoms with Crippen LogP contribution in [0.2, 0.25) is 0 Å². The summed E-state index contributed by atoms with van der Waals surface area (Å²) in [5.41, 5.74) is -0.864. The fourth-order valence-corrected chi connectivity index (χ4v) is 2.95. The average Bonchev–Trinajstić information content (AvgIpc) is 2.27. The Bertz CT molecular complexity index is 475. The summed E-state index contributed by atoms with van der Waals surface area (Å²) in [7, 11) is 0. The van der Waals surface area contributed by atoms with Crippen molar-refractivity contribution in [2.75, 3.05) is 0 Å². The number of amides is 1. The van der Waals surface area contributed by atoms with Gasteiger partial charge in [0.05, 0.1) is 0 Å². The van der Waals surface area contributed by atoms with E-state index >= 15 is 0 Å². The molecule has 0 aromatic heterocycles. The van der Waals surface area contributed by atoms with Crippen LogP contribution in [-0.2, 0) is 0 Å². The van der Waals surface area contributed by atoms with E-state index in [0.717, 1.165) is 44.2 Å². The molecule has 1 aromatic rings. The first-order chi connectivity index (χ1) is 8.91. The van der Waals surface area contributed by atoms with Gasteiger partial charge in [0.25, 0.3) is 5.91 Å². The number of hydrogen-bond acceptors (Lipinski definition) is 1. The molecule has 0 heterocycles. The lowest BCUT2D eigenvalue weighted by Gasteiger charge is -2.34. The van der Waals surface area contributed by atoms with Gasteiger partial charge in [0.2, 0.25) is 0 Å². The highest BCUT2D eigenvalue weighted by molar-refractivity contribution is 9.10. The molecule has 2 nitrogen and oxygen atoms in total. The molecule has 0 bridgehead atoms. The number of hydrogen-bond donors (Lipinski definition) is 1. The summed E-state index contributed by atoms with van der Waals surface area (Å²) in [6, 6.07) is 2.20. The Balaban J connectivity index is 2.20. The van der Waals surface area contributed by atoms with E-state index in [0.29, 0.717) is 0 Å². The van der Waals surface area contributed by atoms with Crippen LogP contribution in [0, 0.1) is 11.6 Å². The Morgan fingerprint density at radius 1 is 1.21 bits per heavy atom. The third-order valence-corrected chi connectivity index (χ3v) is 4.06. The topological polar surface area (TPSA) is 29.1 Å². The molecule has 1 saturated carbocycles. The van der Waals surface area contributed by atoms with Gasteiger partial charge in [-0.25, -0.2) is 8.78 Å². The Hall–Kier alpha value is -0.970. The second-order valence-corrected chi connectivity index (χ2v) is 6.24. The van der Waals surface area contributed by atoms with Crippen molar-refractivity contribution in [1.29, 1.82) is 0 Å². The molecule has 2 rings (SSSR count). The number of benzene rings is 1.